The minimum atomic E-state index is -0.339. The largest absolute Gasteiger partial charge is 0.461 e. The van der Waals surface area contributed by atoms with Crippen molar-refractivity contribution in [3.8, 4) is 0 Å². The number of unbranched alkanes of at least 4 members (excludes halogenated alkanes) is 1. The van der Waals surface area contributed by atoms with Crippen molar-refractivity contribution in [2.45, 2.75) is 32.7 Å². The quantitative estimate of drug-likeness (QED) is 0.748. The Morgan fingerprint density at radius 1 is 1.28 bits per heavy atom. The summed E-state index contributed by atoms with van der Waals surface area (Å²) in [6, 6.07) is 7.86. The number of furan rings is 1. The van der Waals surface area contributed by atoms with Gasteiger partial charge in [-0.1, -0.05) is 31.5 Å². The molecule has 1 heterocycles. The third kappa shape index (κ3) is 5.47. The maximum atomic E-state index is 12.2. The number of aryl methyl sites for hydroxylation is 1. The molecule has 0 bridgehead atoms. The molecule has 1 aromatic heterocycles. The van der Waals surface area contributed by atoms with Crippen molar-refractivity contribution in [2.24, 2.45) is 5.73 Å². The van der Waals surface area contributed by atoms with E-state index in [1.807, 2.05) is 24.3 Å². The van der Waals surface area contributed by atoms with Crippen molar-refractivity contribution in [2.75, 3.05) is 20.1 Å². The molecule has 3 N–H and O–H groups in total. The van der Waals surface area contributed by atoms with E-state index >= 15 is 0 Å². The molecule has 138 valence electrons. The van der Waals surface area contributed by atoms with E-state index in [9.17, 15) is 9.59 Å². The molecule has 6 nitrogen and oxygen atoms in total. The number of carbonyl (C=O) groups excluding carboxylic acids is 2. The molecule has 0 unspecified atom stereocenters. The number of rotatable bonds is 8. The highest BCUT2D eigenvalue weighted by Gasteiger charge is 2.18. The van der Waals surface area contributed by atoms with Gasteiger partial charge >= 0.3 is 0 Å². The summed E-state index contributed by atoms with van der Waals surface area (Å²) in [6.45, 7) is 2.42. The normalized spacial score (nSPS) is 10.4. The first-order chi connectivity index (χ1) is 11.6. The van der Waals surface area contributed by atoms with E-state index in [0.29, 0.717) is 6.54 Å². The van der Waals surface area contributed by atoms with Crippen molar-refractivity contribution in [3.63, 3.8) is 0 Å². The summed E-state index contributed by atoms with van der Waals surface area (Å²) in [5, 5.41) is 3.54. The zero-order chi connectivity index (χ0) is 17.5. The van der Waals surface area contributed by atoms with Gasteiger partial charge in [-0.3, -0.25) is 9.59 Å². The fraction of sp³-hybridized carbons (Fsp3) is 0.444. The lowest BCUT2D eigenvalue weighted by Gasteiger charge is -2.18. The molecule has 2 aromatic rings. The van der Waals surface area contributed by atoms with Gasteiger partial charge in [0.05, 0.1) is 13.1 Å². The molecule has 1 aromatic carbocycles. The molecule has 0 atom stereocenters. The lowest BCUT2D eigenvalue weighted by atomic mass is 10.1. The molecule has 0 aliphatic rings. The van der Waals surface area contributed by atoms with Crippen molar-refractivity contribution in [1.82, 2.24) is 10.2 Å². The standard InChI is InChI=1S/C18H25N3O3.ClH/c1-3-4-8-16-14(13-7-5-6-9-15(13)24-16)12-21(2)18(23)11-20-17(22)10-19;/h5-7,9H,3-4,8,10-12,19H2,1-2H3,(H,20,22);1H. The first-order valence-corrected chi connectivity index (χ1v) is 8.26. The maximum absolute atomic E-state index is 12.2. The third-order valence-electron chi connectivity index (χ3n) is 3.98. The summed E-state index contributed by atoms with van der Waals surface area (Å²) in [5.41, 5.74) is 7.11. The molecule has 0 radical (unpaired) electrons. The minimum absolute atomic E-state index is 0. The summed E-state index contributed by atoms with van der Waals surface area (Å²) in [4.78, 5) is 25.0. The van der Waals surface area contributed by atoms with Crippen LogP contribution in [0.4, 0.5) is 0 Å². The second-order valence-electron chi connectivity index (χ2n) is 5.83. The number of hydrogen-bond donors (Lipinski definition) is 2. The van der Waals surface area contributed by atoms with Crippen molar-refractivity contribution in [1.29, 1.82) is 0 Å². The Balaban J connectivity index is 0.00000312. The molecule has 2 rings (SSSR count). The number of para-hydroxylation sites is 1. The van der Waals surface area contributed by atoms with Gasteiger partial charge in [-0.05, 0) is 12.5 Å². The predicted molar refractivity (Wildman–Crippen MR) is 101 cm³/mol. The molecule has 0 aliphatic carbocycles. The molecule has 0 spiro atoms. The highest BCUT2D eigenvalue weighted by Crippen LogP contribution is 2.28. The van der Waals surface area contributed by atoms with Crippen LogP contribution in [0.5, 0.6) is 0 Å². The number of nitrogens with zero attached hydrogens (tertiary/aromatic N) is 1. The van der Waals surface area contributed by atoms with E-state index in [4.69, 9.17) is 10.2 Å². The highest BCUT2D eigenvalue weighted by molar-refractivity contribution is 5.86. The molecule has 0 fully saturated rings. The monoisotopic (exact) mass is 367 g/mol. The van der Waals surface area contributed by atoms with Gasteiger partial charge in [0, 0.05) is 31.0 Å². The average Bonchev–Trinajstić information content (AvgIpc) is 2.95. The lowest BCUT2D eigenvalue weighted by molar-refractivity contribution is -0.131. The Morgan fingerprint density at radius 2 is 2.00 bits per heavy atom. The van der Waals surface area contributed by atoms with Gasteiger partial charge in [0.2, 0.25) is 11.8 Å². The van der Waals surface area contributed by atoms with Crippen LogP contribution in [-0.4, -0.2) is 36.9 Å². The van der Waals surface area contributed by atoms with Gasteiger partial charge in [-0.2, -0.15) is 0 Å². The Kier molecular flexibility index (Phi) is 8.45. The van der Waals surface area contributed by atoms with Crippen LogP contribution in [0.2, 0.25) is 0 Å². The molecule has 7 heteroatoms. The summed E-state index contributed by atoms with van der Waals surface area (Å²) in [6.07, 6.45) is 2.97. The molecular weight excluding hydrogens is 342 g/mol. The summed E-state index contributed by atoms with van der Waals surface area (Å²) >= 11 is 0. The van der Waals surface area contributed by atoms with E-state index in [1.54, 1.807) is 11.9 Å². The van der Waals surface area contributed by atoms with Crippen molar-refractivity contribution >= 4 is 35.2 Å². The number of likely N-dealkylation sites (N-methyl/N-ethyl adjacent to an activating group) is 1. The smallest absolute Gasteiger partial charge is 0.242 e. The zero-order valence-corrected chi connectivity index (χ0v) is 15.5. The van der Waals surface area contributed by atoms with Crippen LogP contribution >= 0.6 is 12.4 Å². The molecule has 0 aliphatic heterocycles. The summed E-state index contributed by atoms with van der Waals surface area (Å²) < 4.78 is 5.97. The number of nitrogens with one attached hydrogen (secondary N) is 1. The molecule has 2 amide bonds. The van der Waals surface area contributed by atoms with Gasteiger partial charge in [0.1, 0.15) is 11.3 Å². The Labute approximate surface area is 154 Å². The van der Waals surface area contributed by atoms with E-state index in [0.717, 1.165) is 41.6 Å². The fourth-order valence-electron chi connectivity index (χ4n) is 2.57. The van der Waals surface area contributed by atoms with E-state index in [1.165, 1.54) is 0 Å². The number of nitrogens with two attached hydrogens (primary N) is 1. The third-order valence-corrected chi connectivity index (χ3v) is 3.98. The summed E-state index contributed by atoms with van der Waals surface area (Å²) in [7, 11) is 1.72. The average molecular weight is 368 g/mol. The van der Waals surface area contributed by atoms with E-state index in [-0.39, 0.29) is 37.3 Å². The van der Waals surface area contributed by atoms with Crippen molar-refractivity contribution in [3.05, 3.63) is 35.6 Å². The van der Waals surface area contributed by atoms with Crippen molar-refractivity contribution < 1.29 is 14.0 Å². The molecule has 25 heavy (non-hydrogen) atoms. The highest BCUT2D eigenvalue weighted by atomic mass is 35.5. The topological polar surface area (TPSA) is 88.6 Å². The van der Waals surface area contributed by atoms with Crippen LogP contribution in [0.1, 0.15) is 31.1 Å². The number of amides is 2. The number of carbonyl (C=O) groups is 2. The number of benzene rings is 1. The number of fused-ring (bicyclic) bond motifs is 1. The van der Waals surface area contributed by atoms with Crippen LogP contribution in [0.3, 0.4) is 0 Å². The second kappa shape index (κ2) is 10.1. The van der Waals surface area contributed by atoms with E-state index < -0.39 is 0 Å². The Bertz CT molecular complexity index is 715. The Morgan fingerprint density at radius 3 is 2.68 bits per heavy atom. The van der Waals surface area contributed by atoms with Gasteiger partial charge in [0.25, 0.3) is 0 Å². The van der Waals surface area contributed by atoms with Gasteiger partial charge in [-0.15, -0.1) is 12.4 Å². The fourth-order valence-corrected chi connectivity index (χ4v) is 2.57. The number of hydrogen-bond acceptors (Lipinski definition) is 4. The van der Waals surface area contributed by atoms with Crippen LogP contribution in [0, 0.1) is 0 Å². The molecule has 0 saturated carbocycles. The van der Waals surface area contributed by atoms with Crippen LogP contribution < -0.4 is 11.1 Å². The lowest BCUT2D eigenvalue weighted by Crippen LogP contribution is -2.40. The SMILES string of the molecule is CCCCc1oc2ccccc2c1CN(C)C(=O)CNC(=O)CN.Cl. The van der Waals surface area contributed by atoms with Crippen LogP contribution in [0.25, 0.3) is 11.0 Å². The second-order valence-corrected chi connectivity index (χ2v) is 5.83. The van der Waals surface area contributed by atoms with Gasteiger partial charge < -0.3 is 20.4 Å². The molecule has 0 saturated heterocycles. The first-order valence-electron chi connectivity index (χ1n) is 8.26. The summed E-state index contributed by atoms with van der Waals surface area (Å²) in [5.74, 6) is 0.432. The Hall–Kier alpha value is -2.05. The predicted octanol–water partition coefficient (Wildman–Crippen LogP) is 2.23. The van der Waals surface area contributed by atoms with E-state index in [2.05, 4.69) is 12.2 Å². The first kappa shape index (κ1) is 21.0. The van der Waals surface area contributed by atoms with Crippen LogP contribution in [0.15, 0.2) is 28.7 Å². The van der Waals surface area contributed by atoms with Gasteiger partial charge in [0.15, 0.2) is 0 Å². The minimum Gasteiger partial charge on any atom is -0.461 e. The van der Waals surface area contributed by atoms with Crippen LogP contribution in [-0.2, 0) is 22.6 Å². The van der Waals surface area contributed by atoms with Gasteiger partial charge in [-0.25, -0.2) is 0 Å². The number of halogens is 1. The molecular formula is C18H26ClN3O3. The maximum Gasteiger partial charge on any atom is 0.242 e. The zero-order valence-electron chi connectivity index (χ0n) is 14.7.